The minimum absolute atomic E-state index is 0. The number of hydrogen-bond acceptors (Lipinski definition) is 1. The number of nitrogens with two attached hydrogens (primary N) is 1. The summed E-state index contributed by atoms with van der Waals surface area (Å²) >= 11 is 0. The molecule has 0 heterocycles. The maximum atomic E-state index is 5.74. The van der Waals surface area contributed by atoms with E-state index in [4.69, 9.17) is 5.73 Å². The third-order valence-electron chi connectivity index (χ3n) is 3.46. The van der Waals surface area contributed by atoms with Crippen molar-refractivity contribution in [1.82, 2.24) is 0 Å². The summed E-state index contributed by atoms with van der Waals surface area (Å²) in [6, 6.07) is 10.7. The van der Waals surface area contributed by atoms with Crippen LogP contribution in [-0.4, -0.2) is 6.54 Å². The number of benzene rings is 1. The van der Waals surface area contributed by atoms with Gasteiger partial charge in [0.1, 0.15) is 0 Å². The predicted molar refractivity (Wildman–Crippen MR) is 62.8 cm³/mol. The fraction of sp³-hybridized carbons (Fsp3) is 0.500. The quantitative estimate of drug-likeness (QED) is 0.800. The average Bonchev–Trinajstić information content (AvgIpc) is 2.69. The minimum Gasteiger partial charge on any atom is -0.330 e. The maximum absolute atomic E-state index is 5.74. The summed E-state index contributed by atoms with van der Waals surface area (Å²) in [6.45, 7) is 5.43. The summed E-state index contributed by atoms with van der Waals surface area (Å²) < 4.78 is 0. The second kappa shape index (κ2) is 3.92. The molecule has 0 aliphatic heterocycles. The summed E-state index contributed by atoms with van der Waals surface area (Å²) in [6.07, 6.45) is 0. The third kappa shape index (κ3) is 1.67. The van der Waals surface area contributed by atoms with Gasteiger partial charge in [-0.1, -0.05) is 44.2 Å². The van der Waals surface area contributed by atoms with Crippen molar-refractivity contribution in [3.63, 3.8) is 0 Å². The molecule has 78 valence electrons. The Labute approximate surface area is 92.1 Å². The van der Waals surface area contributed by atoms with E-state index in [1.54, 1.807) is 0 Å². The van der Waals surface area contributed by atoms with Gasteiger partial charge < -0.3 is 5.73 Å². The SMILES string of the molecule is CC1(C)[C@@H](CN)[C@@H]1c1ccccc1.Cl. The van der Waals surface area contributed by atoms with Gasteiger partial charge in [0.15, 0.2) is 0 Å². The van der Waals surface area contributed by atoms with Crippen LogP contribution in [0.5, 0.6) is 0 Å². The molecule has 0 bridgehead atoms. The van der Waals surface area contributed by atoms with Gasteiger partial charge in [0.05, 0.1) is 0 Å². The lowest BCUT2D eigenvalue weighted by Crippen LogP contribution is -2.05. The molecule has 1 aliphatic rings. The molecule has 0 saturated heterocycles. The molecule has 2 rings (SSSR count). The van der Waals surface area contributed by atoms with Gasteiger partial charge in [0.2, 0.25) is 0 Å². The molecule has 2 atom stereocenters. The summed E-state index contributed by atoms with van der Waals surface area (Å²) in [7, 11) is 0. The molecule has 1 saturated carbocycles. The lowest BCUT2D eigenvalue weighted by atomic mass is 10.0. The highest BCUT2D eigenvalue weighted by Gasteiger charge is 2.56. The van der Waals surface area contributed by atoms with Crippen LogP contribution in [0.4, 0.5) is 0 Å². The Morgan fingerprint density at radius 3 is 2.21 bits per heavy atom. The smallest absolute Gasteiger partial charge is 0.00375 e. The standard InChI is InChI=1S/C12H17N.ClH/c1-12(2)10(8-13)11(12)9-6-4-3-5-7-9;/h3-7,10-11H,8,13H2,1-2H3;1H/t10-,11-;/m0./s1. The van der Waals surface area contributed by atoms with Crippen LogP contribution in [0.2, 0.25) is 0 Å². The lowest BCUT2D eigenvalue weighted by molar-refractivity contribution is 0.558. The minimum atomic E-state index is 0. The summed E-state index contributed by atoms with van der Waals surface area (Å²) in [5.74, 6) is 1.36. The van der Waals surface area contributed by atoms with E-state index in [0.717, 1.165) is 6.54 Å². The largest absolute Gasteiger partial charge is 0.330 e. The van der Waals surface area contributed by atoms with Crippen molar-refractivity contribution in [3.8, 4) is 0 Å². The van der Waals surface area contributed by atoms with E-state index >= 15 is 0 Å². The van der Waals surface area contributed by atoms with E-state index in [0.29, 0.717) is 17.3 Å². The van der Waals surface area contributed by atoms with Crippen molar-refractivity contribution >= 4 is 12.4 Å². The summed E-state index contributed by atoms with van der Waals surface area (Å²) in [4.78, 5) is 0. The maximum Gasteiger partial charge on any atom is -0.00375 e. The predicted octanol–water partition coefficient (Wildman–Crippen LogP) is 2.81. The Hall–Kier alpha value is -0.530. The van der Waals surface area contributed by atoms with Crippen LogP contribution < -0.4 is 5.73 Å². The molecule has 2 N–H and O–H groups in total. The average molecular weight is 212 g/mol. The van der Waals surface area contributed by atoms with Crippen molar-refractivity contribution < 1.29 is 0 Å². The van der Waals surface area contributed by atoms with Crippen molar-refractivity contribution in [2.24, 2.45) is 17.1 Å². The van der Waals surface area contributed by atoms with Gasteiger partial charge in [-0.15, -0.1) is 12.4 Å². The fourth-order valence-corrected chi connectivity index (χ4v) is 2.51. The van der Waals surface area contributed by atoms with Crippen LogP contribution in [0, 0.1) is 11.3 Å². The van der Waals surface area contributed by atoms with Gasteiger partial charge in [-0.3, -0.25) is 0 Å². The molecule has 0 aromatic heterocycles. The molecule has 1 nitrogen and oxygen atoms in total. The Morgan fingerprint density at radius 1 is 1.21 bits per heavy atom. The van der Waals surface area contributed by atoms with Crippen molar-refractivity contribution in [2.45, 2.75) is 19.8 Å². The molecule has 0 radical (unpaired) electrons. The molecule has 14 heavy (non-hydrogen) atoms. The first-order valence-corrected chi connectivity index (χ1v) is 4.93. The molecule has 1 aromatic carbocycles. The second-order valence-electron chi connectivity index (χ2n) is 4.55. The van der Waals surface area contributed by atoms with E-state index in [1.807, 2.05) is 0 Å². The van der Waals surface area contributed by atoms with Gasteiger partial charge in [-0.25, -0.2) is 0 Å². The van der Waals surface area contributed by atoms with Crippen LogP contribution in [0.15, 0.2) is 30.3 Å². The van der Waals surface area contributed by atoms with Crippen molar-refractivity contribution in [2.75, 3.05) is 6.54 Å². The molecule has 1 fully saturated rings. The fourth-order valence-electron chi connectivity index (χ4n) is 2.51. The van der Waals surface area contributed by atoms with E-state index in [9.17, 15) is 0 Å². The van der Waals surface area contributed by atoms with Gasteiger partial charge in [0, 0.05) is 0 Å². The molecular weight excluding hydrogens is 194 g/mol. The van der Waals surface area contributed by atoms with Crippen LogP contribution >= 0.6 is 12.4 Å². The summed E-state index contributed by atoms with van der Waals surface area (Å²) in [5, 5.41) is 0. The normalized spacial score (nSPS) is 27.9. The zero-order valence-electron chi connectivity index (χ0n) is 8.73. The monoisotopic (exact) mass is 211 g/mol. The van der Waals surface area contributed by atoms with Gasteiger partial charge in [-0.2, -0.15) is 0 Å². The van der Waals surface area contributed by atoms with Crippen LogP contribution in [0.25, 0.3) is 0 Å². The second-order valence-corrected chi connectivity index (χ2v) is 4.55. The van der Waals surface area contributed by atoms with Crippen molar-refractivity contribution in [3.05, 3.63) is 35.9 Å². The van der Waals surface area contributed by atoms with E-state index in [1.165, 1.54) is 5.56 Å². The first-order valence-electron chi connectivity index (χ1n) is 4.93. The Morgan fingerprint density at radius 2 is 1.79 bits per heavy atom. The first-order chi connectivity index (χ1) is 6.18. The number of halogens is 1. The molecule has 1 aliphatic carbocycles. The van der Waals surface area contributed by atoms with E-state index in [2.05, 4.69) is 44.2 Å². The lowest BCUT2D eigenvalue weighted by Gasteiger charge is -2.01. The Balaban J connectivity index is 0.000000980. The molecular formula is C12H18ClN. The first kappa shape index (κ1) is 11.5. The third-order valence-corrected chi connectivity index (χ3v) is 3.46. The Bertz CT molecular complexity index is 294. The van der Waals surface area contributed by atoms with E-state index < -0.39 is 0 Å². The molecule has 0 amide bonds. The highest BCUT2D eigenvalue weighted by Crippen LogP contribution is 2.63. The zero-order chi connectivity index (χ0) is 9.47. The topological polar surface area (TPSA) is 26.0 Å². The molecule has 2 heteroatoms. The van der Waals surface area contributed by atoms with Crippen LogP contribution in [0.3, 0.4) is 0 Å². The van der Waals surface area contributed by atoms with Crippen LogP contribution in [0.1, 0.15) is 25.3 Å². The number of hydrogen-bond donors (Lipinski definition) is 1. The van der Waals surface area contributed by atoms with E-state index in [-0.39, 0.29) is 12.4 Å². The van der Waals surface area contributed by atoms with Gasteiger partial charge in [0.25, 0.3) is 0 Å². The van der Waals surface area contributed by atoms with Gasteiger partial charge >= 0.3 is 0 Å². The summed E-state index contributed by atoms with van der Waals surface area (Å²) in [5.41, 5.74) is 7.60. The molecule has 1 aromatic rings. The van der Waals surface area contributed by atoms with Crippen molar-refractivity contribution in [1.29, 1.82) is 0 Å². The highest BCUT2D eigenvalue weighted by molar-refractivity contribution is 5.85. The highest BCUT2D eigenvalue weighted by atomic mass is 35.5. The molecule has 0 spiro atoms. The number of rotatable bonds is 2. The Kier molecular flexibility index (Phi) is 3.23. The van der Waals surface area contributed by atoms with Crippen LogP contribution in [-0.2, 0) is 0 Å². The van der Waals surface area contributed by atoms with Gasteiger partial charge in [-0.05, 0) is 29.4 Å². The zero-order valence-corrected chi connectivity index (χ0v) is 9.55. The molecule has 0 unspecified atom stereocenters.